The summed E-state index contributed by atoms with van der Waals surface area (Å²) in [5, 5.41) is 0. The number of aromatic nitrogens is 1. The lowest BCUT2D eigenvalue weighted by atomic mass is 10.2. The van der Waals surface area contributed by atoms with Gasteiger partial charge in [0, 0.05) is 5.56 Å². The number of halogens is 1. The van der Waals surface area contributed by atoms with E-state index in [0.29, 0.717) is 17.2 Å². The monoisotopic (exact) mass is 236 g/mol. The van der Waals surface area contributed by atoms with Crippen LogP contribution in [0.2, 0.25) is 0 Å². The fourth-order valence-electron chi connectivity index (χ4n) is 1.44. The van der Waals surface area contributed by atoms with E-state index in [4.69, 9.17) is 14.9 Å². The van der Waals surface area contributed by atoms with E-state index in [1.165, 1.54) is 13.2 Å². The molecule has 0 bridgehead atoms. The molecule has 0 saturated heterocycles. The Morgan fingerprint density at radius 1 is 1.47 bits per heavy atom. The average molecular weight is 236 g/mol. The van der Waals surface area contributed by atoms with Crippen LogP contribution in [0.5, 0.6) is 5.75 Å². The number of methoxy groups -OCH3 is 1. The summed E-state index contributed by atoms with van der Waals surface area (Å²) in [5.74, 6) is 0.739. The van der Waals surface area contributed by atoms with Gasteiger partial charge >= 0.3 is 0 Å². The van der Waals surface area contributed by atoms with Gasteiger partial charge in [-0.25, -0.2) is 9.37 Å². The molecule has 0 saturated carbocycles. The van der Waals surface area contributed by atoms with Crippen molar-refractivity contribution in [2.75, 3.05) is 7.11 Å². The fraction of sp³-hybridized carbons (Fsp3) is 0.250. The molecule has 1 aromatic heterocycles. The van der Waals surface area contributed by atoms with Gasteiger partial charge in [-0.2, -0.15) is 0 Å². The zero-order valence-electron chi connectivity index (χ0n) is 9.61. The Kier molecular flexibility index (Phi) is 3.10. The Labute approximate surface area is 98.2 Å². The molecule has 2 N–H and O–H groups in total. The van der Waals surface area contributed by atoms with E-state index in [2.05, 4.69) is 4.98 Å². The van der Waals surface area contributed by atoms with Crippen LogP contribution in [-0.2, 0) is 0 Å². The van der Waals surface area contributed by atoms with E-state index in [0.717, 1.165) is 0 Å². The van der Waals surface area contributed by atoms with Gasteiger partial charge in [0.15, 0.2) is 17.3 Å². The molecule has 0 aliphatic heterocycles. The summed E-state index contributed by atoms with van der Waals surface area (Å²) in [6.45, 7) is 1.78. The fourth-order valence-corrected chi connectivity index (χ4v) is 1.44. The second-order valence-corrected chi connectivity index (χ2v) is 3.70. The summed E-state index contributed by atoms with van der Waals surface area (Å²) in [5.41, 5.74) is 6.34. The molecule has 1 unspecified atom stereocenters. The standard InChI is InChI=1S/C12H13FN2O2/c1-7(14)12-15-6-11(17-12)8-3-4-9(13)10(5-8)16-2/h3-7H,14H2,1-2H3. The summed E-state index contributed by atoms with van der Waals surface area (Å²) in [6.07, 6.45) is 1.56. The van der Waals surface area contributed by atoms with Crippen molar-refractivity contribution in [1.29, 1.82) is 0 Å². The summed E-state index contributed by atoms with van der Waals surface area (Å²) < 4.78 is 23.6. The van der Waals surface area contributed by atoms with Crippen LogP contribution in [0.4, 0.5) is 4.39 Å². The van der Waals surface area contributed by atoms with E-state index in [1.807, 2.05) is 0 Å². The van der Waals surface area contributed by atoms with E-state index in [-0.39, 0.29) is 11.8 Å². The molecule has 90 valence electrons. The first-order valence-corrected chi connectivity index (χ1v) is 5.17. The third-order valence-corrected chi connectivity index (χ3v) is 2.35. The van der Waals surface area contributed by atoms with Crippen molar-refractivity contribution < 1.29 is 13.5 Å². The second kappa shape index (κ2) is 4.55. The minimum Gasteiger partial charge on any atom is -0.494 e. The summed E-state index contributed by atoms with van der Waals surface area (Å²) >= 11 is 0. The Morgan fingerprint density at radius 2 is 2.24 bits per heavy atom. The smallest absolute Gasteiger partial charge is 0.211 e. The van der Waals surface area contributed by atoms with E-state index >= 15 is 0 Å². The zero-order chi connectivity index (χ0) is 12.4. The third kappa shape index (κ3) is 2.29. The topological polar surface area (TPSA) is 61.3 Å². The third-order valence-electron chi connectivity index (χ3n) is 2.35. The molecule has 4 nitrogen and oxygen atoms in total. The first-order chi connectivity index (χ1) is 8.11. The van der Waals surface area contributed by atoms with Crippen LogP contribution >= 0.6 is 0 Å². The van der Waals surface area contributed by atoms with E-state index < -0.39 is 5.82 Å². The van der Waals surface area contributed by atoms with Crippen molar-refractivity contribution in [3.63, 3.8) is 0 Å². The van der Waals surface area contributed by atoms with Crippen molar-refractivity contribution in [1.82, 2.24) is 4.98 Å². The number of benzene rings is 1. The van der Waals surface area contributed by atoms with Crippen molar-refractivity contribution in [2.24, 2.45) is 5.73 Å². The van der Waals surface area contributed by atoms with Gasteiger partial charge in [-0.1, -0.05) is 0 Å². The Morgan fingerprint density at radius 3 is 2.82 bits per heavy atom. The van der Waals surface area contributed by atoms with Crippen LogP contribution in [0, 0.1) is 5.82 Å². The molecule has 17 heavy (non-hydrogen) atoms. The number of nitrogens with zero attached hydrogens (tertiary/aromatic N) is 1. The van der Waals surface area contributed by atoms with E-state index in [1.54, 1.807) is 25.3 Å². The molecule has 0 spiro atoms. The summed E-state index contributed by atoms with van der Waals surface area (Å²) in [7, 11) is 1.41. The second-order valence-electron chi connectivity index (χ2n) is 3.70. The predicted octanol–water partition coefficient (Wildman–Crippen LogP) is 2.51. The highest BCUT2D eigenvalue weighted by atomic mass is 19.1. The lowest BCUT2D eigenvalue weighted by Crippen LogP contribution is -2.04. The number of ether oxygens (including phenoxy) is 1. The molecule has 0 aliphatic carbocycles. The maximum atomic E-state index is 13.2. The van der Waals surface area contributed by atoms with Crippen LogP contribution in [-0.4, -0.2) is 12.1 Å². The largest absolute Gasteiger partial charge is 0.494 e. The molecule has 2 aromatic rings. The minimum absolute atomic E-state index is 0.168. The molecule has 0 amide bonds. The normalized spacial score (nSPS) is 12.5. The minimum atomic E-state index is -0.414. The van der Waals surface area contributed by atoms with Gasteiger partial charge in [0.25, 0.3) is 0 Å². The van der Waals surface area contributed by atoms with Crippen LogP contribution in [0.15, 0.2) is 28.8 Å². The zero-order valence-corrected chi connectivity index (χ0v) is 9.61. The Bertz CT molecular complexity index is 523. The van der Waals surface area contributed by atoms with Crippen molar-refractivity contribution >= 4 is 0 Å². The molecule has 0 fully saturated rings. The number of hydrogen-bond acceptors (Lipinski definition) is 4. The van der Waals surface area contributed by atoms with Crippen molar-refractivity contribution in [2.45, 2.75) is 13.0 Å². The molecular weight excluding hydrogens is 223 g/mol. The highest BCUT2D eigenvalue weighted by molar-refractivity contribution is 5.59. The van der Waals surface area contributed by atoms with E-state index in [9.17, 15) is 4.39 Å². The Hall–Kier alpha value is -1.88. The highest BCUT2D eigenvalue weighted by Crippen LogP contribution is 2.27. The van der Waals surface area contributed by atoms with Gasteiger partial charge in [0.1, 0.15) is 0 Å². The van der Waals surface area contributed by atoms with Crippen LogP contribution in [0.25, 0.3) is 11.3 Å². The lowest BCUT2D eigenvalue weighted by molar-refractivity contribution is 0.386. The number of hydrogen-bond donors (Lipinski definition) is 1. The lowest BCUT2D eigenvalue weighted by Gasteiger charge is -2.03. The van der Waals surface area contributed by atoms with Crippen molar-refractivity contribution in [3.05, 3.63) is 36.1 Å². The number of nitrogens with two attached hydrogens (primary N) is 1. The molecule has 5 heteroatoms. The van der Waals surface area contributed by atoms with Gasteiger partial charge in [-0.3, -0.25) is 0 Å². The molecular formula is C12H13FN2O2. The predicted molar refractivity (Wildman–Crippen MR) is 61.1 cm³/mol. The van der Waals surface area contributed by atoms with Gasteiger partial charge in [-0.15, -0.1) is 0 Å². The first kappa shape index (κ1) is 11.6. The quantitative estimate of drug-likeness (QED) is 0.889. The van der Waals surface area contributed by atoms with Crippen LogP contribution < -0.4 is 10.5 Å². The molecule has 1 heterocycles. The van der Waals surface area contributed by atoms with Crippen LogP contribution in [0.1, 0.15) is 18.9 Å². The molecule has 0 aliphatic rings. The van der Waals surface area contributed by atoms with Gasteiger partial charge < -0.3 is 14.9 Å². The number of oxazole rings is 1. The van der Waals surface area contributed by atoms with Gasteiger partial charge in [-0.05, 0) is 25.1 Å². The summed E-state index contributed by atoms with van der Waals surface area (Å²) in [6, 6.07) is 4.21. The maximum Gasteiger partial charge on any atom is 0.211 e. The maximum absolute atomic E-state index is 13.2. The Balaban J connectivity index is 2.38. The molecule has 1 atom stereocenters. The van der Waals surface area contributed by atoms with Crippen molar-refractivity contribution in [3.8, 4) is 17.1 Å². The SMILES string of the molecule is COc1cc(-c2cnc(C(C)N)o2)ccc1F. The van der Waals surface area contributed by atoms with Gasteiger partial charge in [0.05, 0.1) is 19.3 Å². The molecule has 0 radical (unpaired) electrons. The van der Waals surface area contributed by atoms with Gasteiger partial charge in [0.2, 0.25) is 5.89 Å². The summed E-state index contributed by atoms with van der Waals surface area (Å²) in [4.78, 5) is 4.04. The van der Waals surface area contributed by atoms with Crippen LogP contribution in [0.3, 0.4) is 0 Å². The number of rotatable bonds is 3. The molecule has 2 rings (SSSR count). The average Bonchev–Trinajstić information content (AvgIpc) is 2.79. The first-order valence-electron chi connectivity index (χ1n) is 5.17. The highest BCUT2D eigenvalue weighted by Gasteiger charge is 2.11. The molecule has 1 aromatic carbocycles.